The molecule has 2 unspecified atom stereocenters. The van der Waals surface area contributed by atoms with Gasteiger partial charge in [0, 0.05) is 29.1 Å². The van der Waals surface area contributed by atoms with Crippen molar-refractivity contribution in [1.29, 1.82) is 0 Å². The molecule has 2 heterocycles. The highest BCUT2D eigenvalue weighted by Crippen LogP contribution is 2.49. The molecule has 2 atom stereocenters. The molecule has 124 valence electrons. The van der Waals surface area contributed by atoms with Crippen molar-refractivity contribution in [2.45, 2.75) is 24.5 Å². The van der Waals surface area contributed by atoms with Crippen LogP contribution in [0.2, 0.25) is 5.02 Å². The van der Waals surface area contributed by atoms with E-state index in [4.69, 9.17) is 16.3 Å². The fraction of sp³-hybridized carbons (Fsp3) is 0.263. The Labute approximate surface area is 153 Å². The zero-order chi connectivity index (χ0) is 16.7. The molecule has 0 radical (unpaired) electrons. The molecule has 4 rings (SSSR count). The Hall–Kier alpha value is -1.36. The van der Waals surface area contributed by atoms with Crippen LogP contribution in [-0.4, -0.2) is 12.6 Å². The molecular formula is C19H16BrClFNO. The van der Waals surface area contributed by atoms with Crippen LogP contribution < -0.4 is 10.1 Å². The van der Waals surface area contributed by atoms with E-state index < -0.39 is 11.4 Å². The molecule has 0 spiro atoms. The first-order valence-corrected chi connectivity index (χ1v) is 9.08. The molecule has 24 heavy (non-hydrogen) atoms. The Kier molecular flexibility index (Phi) is 4.15. The first-order valence-electron chi connectivity index (χ1n) is 7.91. The van der Waals surface area contributed by atoms with Crippen LogP contribution >= 0.6 is 27.5 Å². The molecule has 0 amide bonds. The van der Waals surface area contributed by atoms with Crippen molar-refractivity contribution in [2.75, 3.05) is 6.54 Å². The molecule has 0 fully saturated rings. The van der Waals surface area contributed by atoms with Crippen molar-refractivity contribution in [2.24, 2.45) is 0 Å². The molecule has 2 nitrogen and oxygen atoms in total. The average molecular weight is 409 g/mol. The van der Waals surface area contributed by atoms with E-state index in [1.807, 2.05) is 18.2 Å². The minimum Gasteiger partial charge on any atom is -0.480 e. The number of fused-ring (bicyclic) bond motifs is 1. The van der Waals surface area contributed by atoms with Crippen molar-refractivity contribution in [1.82, 2.24) is 5.32 Å². The monoisotopic (exact) mass is 407 g/mol. The largest absolute Gasteiger partial charge is 0.480 e. The maximum absolute atomic E-state index is 14.1. The van der Waals surface area contributed by atoms with E-state index in [2.05, 4.69) is 45.5 Å². The summed E-state index contributed by atoms with van der Waals surface area (Å²) in [7, 11) is 0. The van der Waals surface area contributed by atoms with Crippen LogP contribution in [0.15, 0.2) is 53.0 Å². The highest BCUT2D eigenvalue weighted by atomic mass is 79.9. The molecule has 5 heteroatoms. The van der Waals surface area contributed by atoms with E-state index in [0.717, 1.165) is 24.1 Å². The molecule has 2 aliphatic heterocycles. The summed E-state index contributed by atoms with van der Waals surface area (Å²) in [6.07, 6.45) is 5.78. The van der Waals surface area contributed by atoms with E-state index >= 15 is 0 Å². The maximum Gasteiger partial charge on any atom is 0.154 e. The van der Waals surface area contributed by atoms with Gasteiger partial charge in [0.2, 0.25) is 0 Å². The zero-order valence-electron chi connectivity index (χ0n) is 12.9. The van der Waals surface area contributed by atoms with Gasteiger partial charge < -0.3 is 10.1 Å². The normalized spacial score (nSPS) is 25.4. The highest BCUT2D eigenvalue weighted by molar-refractivity contribution is 9.10. The first-order chi connectivity index (χ1) is 11.6. The first kappa shape index (κ1) is 16.1. The van der Waals surface area contributed by atoms with Crippen molar-refractivity contribution in [3.05, 3.63) is 75.0 Å². The predicted molar refractivity (Wildman–Crippen MR) is 97.1 cm³/mol. The van der Waals surface area contributed by atoms with E-state index in [-0.39, 0.29) is 11.1 Å². The summed E-state index contributed by atoms with van der Waals surface area (Å²) in [6, 6.07) is 11.6. The lowest BCUT2D eigenvalue weighted by atomic mass is 9.80. The molecule has 1 N–H and O–H groups in total. The number of ether oxygens (including phenoxy) is 1. The van der Waals surface area contributed by atoms with Gasteiger partial charge in [0.15, 0.2) is 5.60 Å². The van der Waals surface area contributed by atoms with Crippen LogP contribution in [0.5, 0.6) is 5.75 Å². The number of hydrogen-bond acceptors (Lipinski definition) is 2. The van der Waals surface area contributed by atoms with Crippen LogP contribution in [0.3, 0.4) is 0 Å². The van der Waals surface area contributed by atoms with Crippen LogP contribution in [0.1, 0.15) is 17.5 Å². The molecule has 0 saturated carbocycles. The molecule has 2 aromatic rings. The van der Waals surface area contributed by atoms with Crippen molar-refractivity contribution < 1.29 is 9.13 Å². The molecule has 0 saturated heterocycles. The summed E-state index contributed by atoms with van der Waals surface area (Å²) in [4.78, 5) is 0. The number of halogens is 3. The second-order valence-corrected chi connectivity index (χ2v) is 7.34. The summed E-state index contributed by atoms with van der Waals surface area (Å²) >= 11 is 9.53. The minimum atomic E-state index is -0.575. The lowest BCUT2D eigenvalue weighted by Crippen LogP contribution is -2.52. The fourth-order valence-corrected chi connectivity index (χ4v) is 4.30. The Morgan fingerprint density at radius 1 is 1.25 bits per heavy atom. The average Bonchev–Trinajstić information content (AvgIpc) is 3.02. The second-order valence-electron chi connectivity index (χ2n) is 6.17. The number of nitrogens with one attached hydrogen (secondary N) is 1. The summed E-state index contributed by atoms with van der Waals surface area (Å²) in [5, 5.41) is 3.64. The van der Waals surface area contributed by atoms with Gasteiger partial charge in [-0.05, 0) is 27.9 Å². The smallest absolute Gasteiger partial charge is 0.154 e. The molecule has 2 aromatic carbocycles. The molecule has 0 bridgehead atoms. The highest BCUT2D eigenvalue weighted by Gasteiger charge is 2.48. The molecule has 2 aliphatic rings. The van der Waals surface area contributed by atoms with Gasteiger partial charge in [-0.1, -0.05) is 54.1 Å². The number of hydrogen-bond donors (Lipinski definition) is 1. The van der Waals surface area contributed by atoms with Crippen LogP contribution in [0.25, 0.3) is 0 Å². The Morgan fingerprint density at radius 3 is 2.75 bits per heavy atom. The fourth-order valence-electron chi connectivity index (χ4n) is 3.60. The van der Waals surface area contributed by atoms with Crippen LogP contribution in [0.4, 0.5) is 4.39 Å². The van der Waals surface area contributed by atoms with Gasteiger partial charge >= 0.3 is 0 Å². The van der Waals surface area contributed by atoms with Gasteiger partial charge in [-0.25, -0.2) is 4.39 Å². The van der Waals surface area contributed by atoms with E-state index in [1.54, 1.807) is 0 Å². The van der Waals surface area contributed by atoms with E-state index in [9.17, 15) is 4.39 Å². The SMILES string of the molecule is Fc1cc2c(c(Br)c1Cl)CC(c1ccccc1)(C1CC=CCN1)O2. The van der Waals surface area contributed by atoms with Gasteiger partial charge in [-0.15, -0.1) is 0 Å². The van der Waals surface area contributed by atoms with Crippen molar-refractivity contribution >= 4 is 27.5 Å². The second kappa shape index (κ2) is 6.17. The lowest BCUT2D eigenvalue weighted by Gasteiger charge is -2.38. The summed E-state index contributed by atoms with van der Waals surface area (Å²) < 4.78 is 21.1. The summed E-state index contributed by atoms with van der Waals surface area (Å²) in [5.41, 5.74) is 1.42. The lowest BCUT2D eigenvalue weighted by molar-refractivity contribution is 0.0470. The summed E-state index contributed by atoms with van der Waals surface area (Å²) in [6.45, 7) is 0.801. The van der Waals surface area contributed by atoms with E-state index in [0.29, 0.717) is 16.6 Å². The number of benzene rings is 2. The quantitative estimate of drug-likeness (QED) is 0.558. The van der Waals surface area contributed by atoms with Gasteiger partial charge in [0.05, 0.1) is 11.1 Å². The third-order valence-electron chi connectivity index (χ3n) is 4.80. The Bertz CT molecular complexity index is 811. The van der Waals surface area contributed by atoms with Crippen LogP contribution in [0, 0.1) is 5.82 Å². The Balaban J connectivity index is 1.85. The third kappa shape index (κ3) is 2.48. The molecule has 0 aliphatic carbocycles. The van der Waals surface area contributed by atoms with Gasteiger partial charge in [-0.2, -0.15) is 0 Å². The topological polar surface area (TPSA) is 21.3 Å². The van der Waals surface area contributed by atoms with E-state index in [1.165, 1.54) is 6.07 Å². The van der Waals surface area contributed by atoms with Gasteiger partial charge in [0.25, 0.3) is 0 Å². The predicted octanol–water partition coefficient (Wildman–Crippen LogP) is 4.99. The molecule has 0 aromatic heterocycles. The Morgan fingerprint density at radius 2 is 2.04 bits per heavy atom. The third-order valence-corrected chi connectivity index (χ3v) is 6.27. The molecular weight excluding hydrogens is 393 g/mol. The van der Waals surface area contributed by atoms with Gasteiger partial charge in [0.1, 0.15) is 11.6 Å². The van der Waals surface area contributed by atoms with Crippen molar-refractivity contribution in [3.8, 4) is 5.75 Å². The zero-order valence-corrected chi connectivity index (χ0v) is 15.2. The number of rotatable bonds is 2. The standard InChI is InChI=1S/C19H16BrClFNO/c20-17-13-11-19(12-6-2-1-3-7-12,16-8-4-5-9-23-16)24-15(13)10-14(22)18(17)21/h1-7,10,16,23H,8-9,11H2. The van der Waals surface area contributed by atoms with Gasteiger partial charge in [-0.3, -0.25) is 0 Å². The maximum atomic E-state index is 14.1. The minimum absolute atomic E-state index is 0.103. The van der Waals surface area contributed by atoms with Crippen LogP contribution in [-0.2, 0) is 12.0 Å². The summed E-state index contributed by atoms with van der Waals surface area (Å²) in [5.74, 6) is 0.0895. The van der Waals surface area contributed by atoms with Crippen molar-refractivity contribution in [3.63, 3.8) is 0 Å².